The molecule has 0 saturated carbocycles. The normalized spacial score (nSPS) is 19.0. The zero-order chi connectivity index (χ0) is 22.2. The topological polar surface area (TPSA) is 43.3 Å². The maximum absolute atomic E-state index is 14.1. The van der Waals surface area contributed by atoms with Gasteiger partial charge in [-0.25, -0.2) is 13.8 Å². The summed E-state index contributed by atoms with van der Waals surface area (Å²) in [6.45, 7) is 2.39. The van der Waals surface area contributed by atoms with Crippen LogP contribution in [0, 0.1) is 11.6 Å². The molecule has 0 amide bonds. The minimum absolute atomic E-state index is 0.140. The lowest BCUT2D eigenvalue weighted by Crippen LogP contribution is -2.34. The van der Waals surface area contributed by atoms with E-state index in [1.54, 1.807) is 7.11 Å². The minimum atomic E-state index is -0.928. The Kier molecular flexibility index (Phi) is 5.17. The fourth-order valence-corrected chi connectivity index (χ4v) is 4.22. The zero-order valence-corrected chi connectivity index (χ0v) is 17.7. The summed E-state index contributed by atoms with van der Waals surface area (Å²) in [5.74, 6) is 0.128. The van der Waals surface area contributed by atoms with E-state index in [9.17, 15) is 8.78 Å². The van der Waals surface area contributed by atoms with Gasteiger partial charge in [0.25, 0.3) is 0 Å². The Labute approximate surface area is 184 Å². The van der Waals surface area contributed by atoms with E-state index in [0.29, 0.717) is 30.1 Å². The summed E-state index contributed by atoms with van der Waals surface area (Å²) >= 11 is 0. The number of fused-ring (bicyclic) bond motifs is 3. The highest BCUT2D eigenvalue weighted by Gasteiger charge is 2.42. The Hall–Kier alpha value is -3.61. The van der Waals surface area contributed by atoms with Crippen molar-refractivity contribution in [3.63, 3.8) is 0 Å². The maximum Gasteiger partial charge on any atom is 0.214 e. The van der Waals surface area contributed by atoms with E-state index in [0.717, 1.165) is 34.7 Å². The van der Waals surface area contributed by atoms with Gasteiger partial charge in [-0.15, -0.1) is 0 Å². The quantitative estimate of drug-likeness (QED) is 0.521. The van der Waals surface area contributed by atoms with Crippen LogP contribution < -0.4 is 14.2 Å². The van der Waals surface area contributed by atoms with Crippen molar-refractivity contribution in [3.8, 4) is 17.2 Å². The third kappa shape index (κ3) is 3.43. The maximum atomic E-state index is 14.1. The van der Waals surface area contributed by atoms with Crippen molar-refractivity contribution >= 4 is 5.71 Å². The first-order chi connectivity index (χ1) is 15.6. The molecule has 5 rings (SSSR count). The Morgan fingerprint density at radius 1 is 1.06 bits per heavy atom. The number of methoxy groups -OCH3 is 1. The summed E-state index contributed by atoms with van der Waals surface area (Å²) in [4.78, 5) is 0. The molecule has 0 N–H and O–H groups in total. The zero-order valence-electron chi connectivity index (χ0n) is 17.7. The van der Waals surface area contributed by atoms with E-state index < -0.39 is 17.9 Å². The number of ether oxygens (including phenoxy) is 3. The highest BCUT2D eigenvalue weighted by atomic mass is 19.2. The van der Waals surface area contributed by atoms with Crippen LogP contribution in [0.25, 0.3) is 0 Å². The molecule has 0 unspecified atom stereocenters. The van der Waals surface area contributed by atoms with Crippen molar-refractivity contribution < 1.29 is 23.0 Å². The summed E-state index contributed by atoms with van der Waals surface area (Å²) < 4.78 is 45.1. The van der Waals surface area contributed by atoms with Gasteiger partial charge < -0.3 is 14.2 Å². The van der Waals surface area contributed by atoms with Crippen LogP contribution >= 0.6 is 0 Å². The molecular weight excluding hydrogens is 414 g/mol. The molecule has 0 spiro atoms. The van der Waals surface area contributed by atoms with Crippen LogP contribution in [-0.4, -0.2) is 24.4 Å². The van der Waals surface area contributed by atoms with Gasteiger partial charge in [-0.05, 0) is 37.3 Å². The standard InChI is InChI=1S/C25H22F2N2O3/c1-3-31-23-9-5-8-18-22-14-21(15-6-4-7-17(12-15)30-2)28-29(22)25(32-24(18)23)16-10-11-19(26)20(27)13-16/h4-13,22,25H,3,14H2,1-2H3/t22-,25+/m0/s1. The van der Waals surface area contributed by atoms with Gasteiger partial charge in [0.2, 0.25) is 6.23 Å². The Balaban J connectivity index is 1.61. The smallest absolute Gasteiger partial charge is 0.214 e. The fourth-order valence-electron chi connectivity index (χ4n) is 4.22. The van der Waals surface area contributed by atoms with Crippen LogP contribution in [-0.2, 0) is 0 Å². The van der Waals surface area contributed by atoms with Crippen LogP contribution in [0.1, 0.15) is 42.3 Å². The highest BCUT2D eigenvalue weighted by Crippen LogP contribution is 2.50. The first kappa shape index (κ1) is 20.3. The van der Waals surface area contributed by atoms with E-state index in [2.05, 4.69) is 0 Å². The minimum Gasteiger partial charge on any atom is -0.497 e. The van der Waals surface area contributed by atoms with Gasteiger partial charge in [0, 0.05) is 23.1 Å². The van der Waals surface area contributed by atoms with Crippen molar-refractivity contribution in [2.75, 3.05) is 13.7 Å². The molecule has 0 bridgehead atoms. The molecule has 2 aliphatic heterocycles. The number of hydrogen-bond acceptors (Lipinski definition) is 5. The fraction of sp³-hybridized carbons (Fsp3) is 0.240. The van der Waals surface area contributed by atoms with Crippen LogP contribution in [0.3, 0.4) is 0 Å². The lowest BCUT2D eigenvalue weighted by molar-refractivity contribution is -0.0214. The third-order valence-electron chi connectivity index (χ3n) is 5.71. The predicted octanol–water partition coefficient (Wildman–Crippen LogP) is 5.61. The predicted molar refractivity (Wildman–Crippen MR) is 116 cm³/mol. The van der Waals surface area contributed by atoms with Gasteiger partial charge >= 0.3 is 0 Å². The molecule has 2 heterocycles. The van der Waals surface area contributed by atoms with Crippen molar-refractivity contribution in [2.45, 2.75) is 25.6 Å². The summed E-state index contributed by atoms with van der Waals surface area (Å²) in [5, 5.41) is 6.67. The molecule has 3 aromatic rings. The van der Waals surface area contributed by atoms with Gasteiger partial charge in [0.05, 0.1) is 25.5 Å². The largest absolute Gasteiger partial charge is 0.497 e. The number of nitrogens with zero attached hydrogens (tertiary/aromatic N) is 2. The number of hydrogen-bond donors (Lipinski definition) is 0. The lowest BCUT2D eigenvalue weighted by Gasteiger charge is -2.38. The number of rotatable bonds is 5. The van der Waals surface area contributed by atoms with Gasteiger partial charge in [-0.3, -0.25) is 0 Å². The van der Waals surface area contributed by atoms with Crippen LogP contribution in [0.2, 0.25) is 0 Å². The summed E-state index contributed by atoms with van der Waals surface area (Å²) in [6, 6.07) is 17.1. The van der Waals surface area contributed by atoms with Gasteiger partial charge in [-0.1, -0.05) is 30.3 Å². The molecule has 2 aliphatic rings. The van der Waals surface area contributed by atoms with Gasteiger partial charge in [-0.2, -0.15) is 5.10 Å². The Morgan fingerprint density at radius 3 is 2.69 bits per heavy atom. The van der Waals surface area contributed by atoms with Crippen molar-refractivity contribution in [3.05, 3.63) is 89.0 Å². The second-order valence-electron chi connectivity index (χ2n) is 7.63. The van der Waals surface area contributed by atoms with Crippen LogP contribution in [0.4, 0.5) is 8.78 Å². The Bertz CT molecular complexity index is 1200. The van der Waals surface area contributed by atoms with Gasteiger partial charge in [0.1, 0.15) is 5.75 Å². The molecule has 0 radical (unpaired) electrons. The van der Waals surface area contributed by atoms with Gasteiger partial charge in [0.15, 0.2) is 23.1 Å². The summed E-state index contributed by atoms with van der Waals surface area (Å²) in [7, 11) is 1.62. The molecule has 0 fully saturated rings. The monoisotopic (exact) mass is 436 g/mol. The molecule has 5 nitrogen and oxygen atoms in total. The second kappa shape index (κ2) is 8.15. The van der Waals surface area contributed by atoms with E-state index in [1.165, 1.54) is 6.07 Å². The van der Waals surface area contributed by atoms with Crippen LogP contribution in [0.5, 0.6) is 17.2 Å². The number of benzene rings is 3. The lowest BCUT2D eigenvalue weighted by atomic mass is 9.95. The number of hydrazone groups is 1. The molecule has 7 heteroatoms. The molecule has 3 aromatic carbocycles. The van der Waals surface area contributed by atoms with E-state index in [1.807, 2.05) is 54.4 Å². The second-order valence-corrected chi connectivity index (χ2v) is 7.63. The molecule has 0 aliphatic carbocycles. The Morgan fingerprint density at radius 2 is 1.91 bits per heavy atom. The van der Waals surface area contributed by atoms with E-state index in [-0.39, 0.29) is 6.04 Å². The summed E-state index contributed by atoms with van der Waals surface area (Å²) in [5.41, 5.74) is 3.21. The first-order valence-electron chi connectivity index (χ1n) is 10.5. The molecule has 0 aromatic heterocycles. The van der Waals surface area contributed by atoms with Crippen molar-refractivity contribution in [1.29, 1.82) is 0 Å². The molecule has 0 saturated heterocycles. The SMILES string of the molecule is CCOc1cccc2c1O[C@H](c1ccc(F)c(F)c1)N1N=C(c3cccc(OC)c3)C[C@@H]21. The number of para-hydroxylation sites is 1. The van der Waals surface area contributed by atoms with E-state index >= 15 is 0 Å². The number of halogens is 2. The van der Waals surface area contributed by atoms with Crippen molar-refractivity contribution in [1.82, 2.24) is 5.01 Å². The molecule has 32 heavy (non-hydrogen) atoms. The highest BCUT2D eigenvalue weighted by molar-refractivity contribution is 6.02. The molecular formula is C25H22F2N2O3. The molecule has 164 valence electrons. The third-order valence-corrected chi connectivity index (χ3v) is 5.71. The average Bonchev–Trinajstić information content (AvgIpc) is 3.27. The average molecular weight is 436 g/mol. The van der Waals surface area contributed by atoms with Crippen molar-refractivity contribution in [2.24, 2.45) is 5.10 Å². The first-order valence-corrected chi connectivity index (χ1v) is 10.5. The molecule has 2 atom stereocenters. The van der Waals surface area contributed by atoms with Crippen LogP contribution in [0.15, 0.2) is 65.8 Å². The summed E-state index contributed by atoms with van der Waals surface area (Å²) in [6.07, 6.45) is -0.105. The van der Waals surface area contributed by atoms with E-state index in [4.69, 9.17) is 19.3 Å².